The molecular weight excluding hydrogens is 284 g/mol. The zero-order valence-electron chi connectivity index (χ0n) is 11.6. The fraction of sp³-hybridized carbons (Fsp3) is 0.333. The fourth-order valence-electron chi connectivity index (χ4n) is 2.56. The molecule has 0 amide bonds. The minimum absolute atomic E-state index is 0.0349. The van der Waals surface area contributed by atoms with Gasteiger partial charge in [0.2, 0.25) is 0 Å². The van der Waals surface area contributed by atoms with E-state index in [0.29, 0.717) is 5.56 Å². The quantitative estimate of drug-likeness (QED) is 0.937. The maximum Gasteiger partial charge on any atom is 0.185 e. The maximum atomic E-state index is 9.29. The molecule has 1 fully saturated rings. The number of hydrogen-bond acceptors (Lipinski definition) is 6. The van der Waals surface area contributed by atoms with Gasteiger partial charge < -0.3 is 14.9 Å². The number of hydrogen-bond donors (Lipinski definition) is 1. The smallest absolute Gasteiger partial charge is 0.185 e. The molecule has 1 aromatic heterocycles. The third kappa shape index (κ3) is 2.84. The Kier molecular flexibility index (Phi) is 4.04. The lowest BCUT2D eigenvalue weighted by Gasteiger charge is -2.36. The number of nitrogens with zero attached hydrogens (tertiary/aromatic N) is 4. The Labute approximate surface area is 127 Å². The molecule has 1 saturated heterocycles. The zero-order valence-corrected chi connectivity index (χ0v) is 12.4. The van der Waals surface area contributed by atoms with Crippen molar-refractivity contribution in [2.24, 2.45) is 0 Å². The number of benzene rings is 1. The number of nitriles is 1. The predicted octanol–water partition coefficient (Wildman–Crippen LogP) is 1.83. The number of piperazine rings is 1. The molecule has 0 atom stereocenters. The number of aliphatic hydroxyl groups is 1. The zero-order chi connectivity index (χ0) is 14.7. The van der Waals surface area contributed by atoms with Crippen molar-refractivity contribution in [2.75, 3.05) is 36.0 Å². The van der Waals surface area contributed by atoms with E-state index in [-0.39, 0.29) is 6.61 Å². The molecule has 3 rings (SSSR count). The van der Waals surface area contributed by atoms with E-state index < -0.39 is 0 Å². The average Bonchev–Trinajstić information content (AvgIpc) is 3.09. The lowest BCUT2D eigenvalue weighted by Crippen LogP contribution is -2.46. The summed E-state index contributed by atoms with van der Waals surface area (Å²) in [7, 11) is 0. The van der Waals surface area contributed by atoms with Crippen molar-refractivity contribution in [1.82, 2.24) is 4.98 Å². The van der Waals surface area contributed by atoms with E-state index in [4.69, 9.17) is 5.11 Å². The molecule has 21 heavy (non-hydrogen) atoms. The van der Waals surface area contributed by atoms with Gasteiger partial charge in [0.1, 0.15) is 6.07 Å². The topological polar surface area (TPSA) is 63.4 Å². The van der Waals surface area contributed by atoms with Crippen LogP contribution in [0, 0.1) is 11.3 Å². The number of thiazole rings is 1. The van der Waals surface area contributed by atoms with Crippen LogP contribution in [0.1, 0.15) is 11.1 Å². The summed E-state index contributed by atoms with van der Waals surface area (Å²) in [6.07, 6.45) is 1.83. The fourth-order valence-corrected chi connectivity index (χ4v) is 3.25. The first-order chi connectivity index (χ1) is 10.3. The molecule has 2 aromatic rings. The Bertz CT molecular complexity index is 642. The Morgan fingerprint density at radius 1 is 1.24 bits per heavy atom. The molecule has 2 heterocycles. The normalized spacial score (nSPS) is 15.0. The predicted molar refractivity (Wildman–Crippen MR) is 83.6 cm³/mol. The molecule has 1 aliphatic heterocycles. The van der Waals surface area contributed by atoms with Crippen molar-refractivity contribution in [3.05, 3.63) is 40.9 Å². The minimum Gasteiger partial charge on any atom is -0.392 e. The van der Waals surface area contributed by atoms with Gasteiger partial charge in [0, 0.05) is 37.8 Å². The highest BCUT2D eigenvalue weighted by Crippen LogP contribution is 2.25. The number of anilines is 2. The van der Waals surface area contributed by atoms with Crippen molar-refractivity contribution >= 4 is 22.2 Å². The van der Waals surface area contributed by atoms with Gasteiger partial charge in [-0.3, -0.25) is 0 Å². The van der Waals surface area contributed by atoms with Crippen LogP contribution < -0.4 is 9.80 Å². The van der Waals surface area contributed by atoms with E-state index in [9.17, 15) is 5.26 Å². The van der Waals surface area contributed by atoms with Gasteiger partial charge in [0.15, 0.2) is 5.13 Å². The van der Waals surface area contributed by atoms with Crippen molar-refractivity contribution in [3.63, 3.8) is 0 Å². The van der Waals surface area contributed by atoms with Crippen LogP contribution >= 0.6 is 11.3 Å². The molecule has 6 heteroatoms. The van der Waals surface area contributed by atoms with Crippen LogP contribution in [-0.4, -0.2) is 36.3 Å². The second-order valence-corrected chi connectivity index (χ2v) is 5.78. The van der Waals surface area contributed by atoms with Crippen LogP contribution in [0.5, 0.6) is 0 Å². The van der Waals surface area contributed by atoms with Crippen molar-refractivity contribution in [1.29, 1.82) is 5.26 Å². The van der Waals surface area contributed by atoms with Gasteiger partial charge >= 0.3 is 0 Å². The summed E-state index contributed by atoms with van der Waals surface area (Å²) < 4.78 is 0. The largest absolute Gasteiger partial charge is 0.392 e. The molecule has 0 saturated carbocycles. The molecule has 1 aromatic carbocycles. The highest BCUT2D eigenvalue weighted by atomic mass is 32.1. The lowest BCUT2D eigenvalue weighted by atomic mass is 10.1. The molecule has 0 radical (unpaired) electrons. The third-order valence-electron chi connectivity index (χ3n) is 3.67. The van der Waals surface area contributed by atoms with Gasteiger partial charge in [-0.25, -0.2) is 4.98 Å². The summed E-state index contributed by atoms with van der Waals surface area (Å²) in [6, 6.07) is 7.81. The van der Waals surface area contributed by atoms with E-state index >= 15 is 0 Å². The summed E-state index contributed by atoms with van der Waals surface area (Å²) >= 11 is 1.66. The van der Waals surface area contributed by atoms with E-state index in [1.807, 2.05) is 23.7 Å². The maximum absolute atomic E-state index is 9.29. The molecule has 0 spiro atoms. The number of aliphatic hydroxyl groups excluding tert-OH is 1. The SMILES string of the molecule is N#Cc1cc(CO)ccc1N1CCN(c2nccs2)CC1. The first-order valence-corrected chi connectivity index (χ1v) is 7.73. The lowest BCUT2D eigenvalue weighted by molar-refractivity contribution is 0.282. The summed E-state index contributed by atoms with van der Waals surface area (Å²) in [5, 5.41) is 21.5. The summed E-state index contributed by atoms with van der Waals surface area (Å²) in [5.74, 6) is 0. The Hall–Kier alpha value is -2.10. The number of aromatic nitrogens is 1. The average molecular weight is 300 g/mol. The molecule has 0 bridgehead atoms. The van der Waals surface area contributed by atoms with E-state index in [0.717, 1.165) is 42.6 Å². The Balaban J connectivity index is 1.74. The highest BCUT2D eigenvalue weighted by Gasteiger charge is 2.20. The summed E-state index contributed by atoms with van der Waals surface area (Å²) in [5.41, 5.74) is 2.36. The molecule has 0 unspecified atom stereocenters. The molecule has 108 valence electrons. The van der Waals surface area contributed by atoms with Crippen molar-refractivity contribution in [3.8, 4) is 6.07 Å². The van der Waals surface area contributed by atoms with Gasteiger partial charge in [0.05, 0.1) is 17.9 Å². The van der Waals surface area contributed by atoms with Crippen molar-refractivity contribution in [2.45, 2.75) is 6.61 Å². The van der Waals surface area contributed by atoms with Crippen LogP contribution in [0.15, 0.2) is 29.8 Å². The van der Waals surface area contributed by atoms with Gasteiger partial charge in [0.25, 0.3) is 0 Å². The van der Waals surface area contributed by atoms with E-state index in [1.54, 1.807) is 17.4 Å². The molecule has 1 N–H and O–H groups in total. The molecule has 0 aliphatic carbocycles. The van der Waals surface area contributed by atoms with Gasteiger partial charge in [-0.15, -0.1) is 11.3 Å². The minimum atomic E-state index is -0.0349. The molecule has 1 aliphatic rings. The number of rotatable bonds is 3. The third-order valence-corrected chi connectivity index (χ3v) is 4.51. The first-order valence-electron chi connectivity index (χ1n) is 6.85. The Morgan fingerprint density at radius 2 is 2.00 bits per heavy atom. The second kappa shape index (κ2) is 6.12. The summed E-state index contributed by atoms with van der Waals surface area (Å²) in [6.45, 7) is 3.51. The standard InChI is InChI=1S/C15H16N4OS/c16-10-13-9-12(11-20)1-2-14(13)18-4-6-19(7-5-18)15-17-3-8-21-15/h1-3,8-9,20H,4-7,11H2. The second-order valence-electron chi connectivity index (χ2n) is 4.91. The van der Waals surface area contributed by atoms with Crippen LogP contribution in [0.3, 0.4) is 0 Å². The van der Waals surface area contributed by atoms with E-state index in [1.165, 1.54) is 0 Å². The summed E-state index contributed by atoms with van der Waals surface area (Å²) in [4.78, 5) is 8.84. The van der Waals surface area contributed by atoms with Crippen LogP contribution in [0.4, 0.5) is 10.8 Å². The van der Waals surface area contributed by atoms with E-state index in [2.05, 4.69) is 20.9 Å². The van der Waals surface area contributed by atoms with Gasteiger partial charge in [-0.1, -0.05) is 6.07 Å². The molecule has 5 nitrogen and oxygen atoms in total. The van der Waals surface area contributed by atoms with Gasteiger partial charge in [-0.05, 0) is 17.7 Å². The monoisotopic (exact) mass is 300 g/mol. The van der Waals surface area contributed by atoms with Crippen LogP contribution in [0.25, 0.3) is 0 Å². The highest BCUT2D eigenvalue weighted by molar-refractivity contribution is 7.13. The van der Waals surface area contributed by atoms with Crippen LogP contribution in [-0.2, 0) is 6.61 Å². The Morgan fingerprint density at radius 3 is 2.62 bits per heavy atom. The van der Waals surface area contributed by atoms with Crippen LogP contribution in [0.2, 0.25) is 0 Å². The van der Waals surface area contributed by atoms with Crippen molar-refractivity contribution < 1.29 is 5.11 Å². The first kappa shape index (κ1) is 13.9. The van der Waals surface area contributed by atoms with Gasteiger partial charge in [-0.2, -0.15) is 5.26 Å². The molecular formula is C15H16N4OS.